The molecular weight excluding hydrogens is 932 g/mol. The zero-order chi connectivity index (χ0) is 51.7. The zero-order valence-corrected chi connectivity index (χ0v) is 39.8. The van der Waals surface area contributed by atoms with Crippen molar-refractivity contribution in [3.05, 3.63) is 12.7 Å². The molecule has 0 amide bonds. The molecule has 0 radical (unpaired) electrons. The number of esters is 10. The molecule has 3 fully saturated rings. The van der Waals surface area contributed by atoms with Crippen LogP contribution in [0.5, 0.6) is 0 Å². The first-order valence-corrected chi connectivity index (χ1v) is 21.5. The standard InChI is InChI=1S/C43H60O26/c1-12-13-14-15-54-41-38(62-26(9)51)36(60-24(7)49)33(30(65-41)17-56-20(3)45)68-43-40(64-28(11)53)37(61-25(8)50)34(31(67-43)18-57-21(4)46)69-42-39(63-27(10)52)35(59-23(6)48)32(58-22(5)47)29(66-42)16-55-19(2)44/h12,29-43H,1,13-18H2,2-11H3/t29?,30?,31?,32-,33-,34-,35-,36-,37-,38?,39?,40?,41+,42-,43-/m0/s1. The number of ether oxygens (including phenoxy) is 16. The third-order valence-corrected chi connectivity index (χ3v) is 9.66. The Balaban J connectivity index is 2.29. The van der Waals surface area contributed by atoms with E-state index < -0.39 is 172 Å². The van der Waals surface area contributed by atoms with Crippen molar-refractivity contribution >= 4 is 59.7 Å². The minimum atomic E-state index is -2.00. The molecule has 26 heteroatoms. The number of allylic oxidation sites excluding steroid dienone is 1. The number of rotatable bonds is 22. The van der Waals surface area contributed by atoms with Crippen LogP contribution in [0.1, 0.15) is 82.1 Å². The quantitative estimate of drug-likeness (QED) is 0.0602. The number of carbonyl (C=O) groups excluding carboxylic acids is 10. The number of carbonyl (C=O) groups is 10. The Kier molecular flexibility index (Phi) is 22.8. The van der Waals surface area contributed by atoms with Gasteiger partial charge in [-0.1, -0.05) is 6.08 Å². The van der Waals surface area contributed by atoms with Gasteiger partial charge in [-0.25, -0.2) is 0 Å². The summed E-state index contributed by atoms with van der Waals surface area (Å²) >= 11 is 0. The molecule has 388 valence electrons. The van der Waals surface area contributed by atoms with E-state index >= 15 is 0 Å². The van der Waals surface area contributed by atoms with E-state index in [1.165, 1.54) is 0 Å². The summed E-state index contributed by atoms with van der Waals surface area (Å²) in [5.74, 6) is -9.32. The van der Waals surface area contributed by atoms with Gasteiger partial charge in [0, 0.05) is 69.2 Å². The van der Waals surface area contributed by atoms with E-state index in [1.807, 2.05) is 0 Å². The molecule has 0 aromatic rings. The van der Waals surface area contributed by atoms with Gasteiger partial charge in [-0.15, -0.1) is 6.58 Å². The van der Waals surface area contributed by atoms with Crippen molar-refractivity contribution in [3.8, 4) is 0 Å². The van der Waals surface area contributed by atoms with Crippen LogP contribution in [0.4, 0.5) is 0 Å². The first-order chi connectivity index (χ1) is 32.4. The van der Waals surface area contributed by atoms with E-state index in [0.717, 1.165) is 69.2 Å². The molecule has 3 aliphatic rings. The third-order valence-electron chi connectivity index (χ3n) is 9.66. The Labute approximate surface area is 396 Å². The highest BCUT2D eigenvalue weighted by Crippen LogP contribution is 2.38. The Morgan fingerprint density at radius 1 is 0.377 bits per heavy atom. The lowest BCUT2D eigenvalue weighted by Gasteiger charge is -2.50. The zero-order valence-electron chi connectivity index (χ0n) is 39.8. The topological polar surface area (TPSA) is 318 Å². The molecule has 3 saturated heterocycles. The van der Waals surface area contributed by atoms with Crippen LogP contribution in [-0.2, 0) is 124 Å². The molecule has 15 atom stereocenters. The molecule has 0 saturated carbocycles. The first-order valence-electron chi connectivity index (χ1n) is 21.5. The molecule has 0 N–H and O–H groups in total. The monoisotopic (exact) mass is 992 g/mol. The predicted octanol–water partition coefficient (Wildman–Crippen LogP) is 0.126. The second-order valence-corrected chi connectivity index (χ2v) is 15.6. The second-order valence-electron chi connectivity index (χ2n) is 15.6. The van der Waals surface area contributed by atoms with Crippen molar-refractivity contribution in [1.82, 2.24) is 0 Å². The predicted molar refractivity (Wildman–Crippen MR) is 220 cm³/mol. The van der Waals surface area contributed by atoms with Crippen molar-refractivity contribution in [3.63, 3.8) is 0 Å². The molecule has 0 spiro atoms. The van der Waals surface area contributed by atoms with Crippen LogP contribution in [0.2, 0.25) is 0 Å². The van der Waals surface area contributed by atoms with Crippen molar-refractivity contribution in [2.24, 2.45) is 0 Å². The molecule has 26 nitrogen and oxygen atoms in total. The molecule has 3 rings (SSSR count). The summed E-state index contributed by atoms with van der Waals surface area (Å²) in [6.07, 6.45) is -23.5. The lowest BCUT2D eigenvalue weighted by atomic mass is 9.95. The molecule has 3 aliphatic heterocycles. The average Bonchev–Trinajstić information content (AvgIpc) is 3.22. The summed E-state index contributed by atoms with van der Waals surface area (Å²) in [6, 6.07) is 0. The van der Waals surface area contributed by atoms with Crippen LogP contribution in [0, 0.1) is 0 Å². The van der Waals surface area contributed by atoms with Crippen LogP contribution in [-0.4, -0.2) is 178 Å². The maximum absolute atomic E-state index is 13.0. The van der Waals surface area contributed by atoms with Crippen LogP contribution < -0.4 is 0 Å². The summed E-state index contributed by atoms with van der Waals surface area (Å²) < 4.78 is 92.3. The van der Waals surface area contributed by atoms with E-state index in [9.17, 15) is 47.9 Å². The molecular formula is C43H60O26. The van der Waals surface area contributed by atoms with Crippen molar-refractivity contribution < 1.29 is 124 Å². The van der Waals surface area contributed by atoms with E-state index in [4.69, 9.17) is 75.8 Å². The molecule has 0 aromatic carbocycles. The van der Waals surface area contributed by atoms with Gasteiger partial charge >= 0.3 is 59.7 Å². The molecule has 69 heavy (non-hydrogen) atoms. The molecule has 6 unspecified atom stereocenters. The number of hydrogen-bond acceptors (Lipinski definition) is 26. The van der Waals surface area contributed by atoms with Crippen LogP contribution >= 0.6 is 0 Å². The van der Waals surface area contributed by atoms with Crippen molar-refractivity contribution in [2.45, 2.75) is 174 Å². The summed E-state index contributed by atoms with van der Waals surface area (Å²) in [5, 5.41) is 0. The van der Waals surface area contributed by atoms with Gasteiger partial charge in [-0.3, -0.25) is 47.9 Å². The Bertz CT molecular complexity index is 1850. The van der Waals surface area contributed by atoms with Gasteiger partial charge in [0.05, 0.1) is 6.61 Å². The number of unbranched alkanes of at least 4 members (excludes halogenated alkanes) is 1. The Morgan fingerprint density at radius 3 is 0.971 bits per heavy atom. The molecule has 3 heterocycles. The first kappa shape index (κ1) is 57.5. The van der Waals surface area contributed by atoms with Gasteiger partial charge in [-0.2, -0.15) is 0 Å². The summed E-state index contributed by atoms with van der Waals surface area (Å²) in [4.78, 5) is 125. The fraction of sp³-hybridized carbons (Fsp3) is 0.721. The fourth-order valence-corrected chi connectivity index (χ4v) is 7.32. The van der Waals surface area contributed by atoms with Gasteiger partial charge in [0.2, 0.25) is 0 Å². The summed E-state index contributed by atoms with van der Waals surface area (Å²) in [7, 11) is 0. The molecule has 0 bridgehead atoms. The smallest absolute Gasteiger partial charge is 0.303 e. The van der Waals surface area contributed by atoms with Gasteiger partial charge in [0.15, 0.2) is 61.6 Å². The van der Waals surface area contributed by atoms with Gasteiger partial charge in [0.1, 0.15) is 50.3 Å². The van der Waals surface area contributed by atoms with E-state index in [0.29, 0.717) is 12.8 Å². The van der Waals surface area contributed by atoms with Gasteiger partial charge in [0.25, 0.3) is 0 Å². The van der Waals surface area contributed by atoms with Crippen LogP contribution in [0.3, 0.4) is 0 Å². The SMILES string of the molecule is C=CCCCO[C@@H]1OC(COC(C)=O)[C@H](O[C@@H]2OC(COC(C)=O)[C@H](O[C@@H]3OC(COC(C)=O)[C@H](OC(C)=O)[C@H](OC(C)=O)C3OC(C)=O)[C@H](OC(C)=O)C2OC(C)=O)[C@H](OC(C)=O)C1OC(C)=O. The minimum absolute atomic E-state index is 0.0101. The highest BCUT2D eigenvalue weighted by molar-refractivity contribution is 5.70. The van der Waals surface area contributed by atoms with Crippen molar-refractivity contribution in [2.75, 3.05) is 26.4 Å². The van der Waals surface area contributed by atoms with Crippen LogP contribution in [0.25, 0.3) is 0 Å². The average molecular weight is 993 g/mol. The Morgan fingerprint density at radius 2 is 0.652 bits per heavy atom. The molecule has 0 aromatic heterocycles. The third kappa shape index (κ3) is 18.2. The molecule has 0 aliphatic carbocycles. The Hall–Kier alpha value is -5.80. The van der Waals surface area contributed by atoms with E-state index in [1.54, 1.807) is 6.08 Å². The highest BCUT2D eigenvalue weighted by atomic mass is 16.8. The maximum Gasteiger partial charge on any atom is 0.303 e. The number of hydrogen-bond donors (Lipinski definition) is 0. The van der Waals surface area contributed by atoms with E-state index in [-0.39, 0.29) is 6.61 Å². The normalized spacial score (nSPS) is 30.7. The largest absolute Gasteiger partial charge is 0.463 e. The maximum atomic E-state index is 13.0. The highest BCUT2D eigenvalue weighted by Gasteiger charge is 2.60. The lowest BCUT2D eigenvalue weighted by Crippen LogP contribution is -2.69. The lowest BCUT2D eigenvalue weighted by molar-refractivity contribution is -0.380. The van der Waals surface area contributed by atoms with Crippen molar-refractivity contribution in [1.29, 1.82) is 0 Å². The van der Waals surface area contributed by atoms with Crippen LogP contribution in [0.15, 0.2) is 12.7 Å². The fourth-order valence-electron chi connectivity index (χ4n) is 7.32. The summed E-state index contributed by atoms with van der Waals surface area (Å²) in [6.45, 7) is 11.7. The van der Waals surface area contributed by atoms with Gasteiger partial charge < -0.3 is 75.8 Å². The summed E-state index contributed by atoms with van der Waals surface area (Å²) in [5.41, 5.74) is 0. The van der Waals surface area contributed by atoms with Gasteiger partial charge in [-0.05, 0) is 12.8 Å². The minimum Gasteiger partial charge on any atom is -0.463 e. The second kappa shape index (κ2) is 27.4. The van der Waals surface area contributed by atoms with E-state index in [2.05, 4.69) is 6.58 Å².